The first kappa shape index (κ1) is 19.1. The van der Waals surface area contributed by atoms with E-state index in [0.29, 0.717) is 12.3 Å². The van der Waals surface area contributed by atoms with Gasteiger partial charge in [-0.2, -0.15) is 5.90 Å². The number of hydrogen-bond donors (Lipinski definition) is 4. The molecule has 0 saturated carbocycles. The minimum absolute atomic E-state index is 0.102. The molecule has 1 aromatic heterocycles. The summed E-state index contributed by atoms with van der Waals surface area (Å²) >= 11 is 0. The molecular weight excluding hydrogens is 368 g/mol. The summed E-state index contributed by atoms with van der Waals surface area (Å²) in [4.78, 5) is 11.6. The molecule has 0 spiro atoms. The van der Waals surface area contributed by atoms with Crippen LogP contribution in [0.5, 0.6) is 0 Å². The third-order valence-corrected chi connectivity index (χ3v) is 4.87. The lowest BCUT2D eigenvalue weighted by Gasteiger charge is -2.29. The average Bonchev–Trinajstić information content (AvgIpc) is 2.80. The lowest BCUT2D eigenvalue weighted by Crippen LogP contribution is -2.37. The maximum Gasteiger partial charge on any atom is 0.185 e. The highest BCUT2D eigenvalue weighted by Crippen LogP contribution is 2.20. The molecule has 1 saturated heterocycles. The quantitative estimate of drug-likeness (QED) is 0.527. The summed E-state index contributed by atoms with van der Waals surface area (Å²) in [5, 5.41) is 10.0. The fraction of sp³-hybridized carbons (Fsp3) is 0.286. The Morgan fingerprint density at radius 3 is 2.72 bits per heavy atom. The van der Waals surface area contributed by atoms with Crippen molar-refractivity contribution < 1.29 is 9.57 Å². The molecule has 152 valence electrons. The van der Waals surface area contributed by atoms with Gasteiger partial charge in [0.05, 0.1) is 31.1 Å². The van der Waals surface area contributed by atoms with Crippen molar-refractivity contribution in [2.75, 3.05) is 36.5 Å². The zero-order valence-electron chi connectivity index (χ0n) is 16.2. The van der Waals surface area contributed by atoms with Gasteiger partial charge in [-0.05, 0) is 42.5 Å². The molecule has 2 aliphatic rings. The molecule has 0 radical (unpaired) electrons. The Morgan fingerprint density at radius 2 is 2.00 bits per heavy atom. The van der Waals surface area contributed by atoms with Gasteiger partial charge in [0.15, 0.2) is 5.76 Å². The number of benzene rings is 1. The fourth-order valence-corrected chi connectivity index (χ4v) is 3.33. The normalized spacial score (nSPS) is 18.9. The van der Waals surface area contributed by atoms with E-state index < -0.39 is 0 Å². The van der Waals surface area contributed by atoms with Crippen LogP contribution in [-0.2, 0) is 16.1 Å². The summed E-state index contributed by atoms with van der Waals surface area (Å²) in [5.41, 5.74) is 3.97. The van der Waals surface area contributed by atoms with Gasteiger partial charge in [0, 0.05) is 36.9 Å². The van der Waals surface area contributed by atoms with Crippen LogP contribution < -0.4 is 26.7 Å². The first-order valence-electron chi connectivity index (χ1n) is 9.70. The van der Waals surface area contributed by atoms with Crippen LogP contribution in [0.1, 0.15) is 5.69 Å². The van der Waals surface area contributed by atoms with E-state index in [4.69, 9.17) is 15.5 Å². The zero-order chi connectivity index (χ0) is 19.9. The SMILES string of the molecule is NOC1=CNC(Nc2ccc(N3CCOCC3)cc2)C=C1NCc1ccccn1. The van der Waals surface area contributed by atoms with E-state index >= 15 is 0 Å². The standard InChI is InChI=1S/C21H26N6O2/c22-29-20-15-25-21(13-19(20)24-14-17-3-1-2-8-23-17)26-16-4-6-18(7-5-16)27-9-11-28-12-10-27/h1-8,13,15,21,24-26H,9-12,14,22H2. The van der Waals surface area contributed by atoms with E-state index in [1.54, 1.807) is 12.4 Å². The lowest BCUT2D eigenvalue weighted by molar-refractivity contribution is 0.122. The molecular formula is C21H26N6O2. The molecule has 1 fully saturated rings. The smallest absolute Gasteiger partial charge is 0.185 e. The minimum atomic E-state index is -0.102. The molecule has 2 aliphatic heterocycles. The Hall–Kier alpha value is -3.23. The zero-order valence-corrected chi connectivity index (χ0v) is 16.2. The second kappa shape index (κ2) is 9.31. The maximum atomic E-state index is 5.42. The van der Waals surface area contributed by atoms with Gasteiger partial charge in [0.25, 0.3) is 0 Å². The highest BCUT2D eigenvalue weighted by atomic mass is 16.6. The first-order chi connectivity index (χ1) is 14.3. The molecule has 4 rings (SSSR count). The largest absolute Gasteiger partial charge is 0.408 e. The monoisotopic (exact) mass is 394 g/mol. The predicted molar refractivity (Wildman–Crippen MR) is 113 cm³/mol. The summed E-state index contributed by atoms with van der Waals surface area (Å²) in [6.45, 7) is 4.00. The predicted octanol–water partition coefficient (Wildman–Crippen LogP) is 1.66. The third kappa shape index (κ3) is 4.98. The molecule has 5 N–H and O–H groups in total. The van der Waals surface area contributed by atoms with Gasteiger partial charge in [-0.1, -0.05) is 6.07 Å². The number of nitrogens with two attached hydrogens (primary N) is 1. The van der Waals surface area contributed by atoms with Crippen molar-refractivity contribution in [2.45, 2.75) is 12.7 Å². The third-order valence-electron chi connectivity index (χ3n) is 4.87. The van der Waals surface area contributed by atoms with Gasteiger partial charge in [0.2, 0.25) is 0 Å². The first-order valence-corrected chi connectivity index (χ1v) is 9.70. The van der Waals surface area contributed by atoms with Crippen LogP contribution in [0.3, 0.4) is 0 Å². The molecule has 1 aromatic carbocycles. The van der Waals surface area contributed by atoms with Crippen LogP contribution in [-0.4, -0.2) is 37.5 Å². The van der Waals surface area contributed by atoms with Crippen LogP contribution in [0.2, 0.25) is 0 Å². The van der Waals surface area contributed by atoms with Gasteiger partial charge in [0.1, 0.15) is 6.17 Å². The van der Waals surface area contributed by atoms with Gasteiger partial charge >= 0.3 is 0 Å². The van der Waals surface area contributed by atoms with Gasteiger partial charge in [-0.15, -0.1) is 0 Å². The van der Waals surface area contributed by atoms with Crippen LogP contribution >= 0.6 is 0 Å². The topological polar surface area (TPSA) is 96.7 Å². The fourth-order valence-electron chi connectivity index (χ4n) is 3.33. The van der Waals surface area contributed by atoms with Crippen molar-refractivity contribution in [3.8, 4) is 0 Å². The molecule has 29 heavy (non-hydrogen) atoms. The van der Waals surface area contributed by atoms with Crippen LogP contribution in [0.4, 0.5) is 11.4 Å². The summed E-state index contributed by atoms with van der Waals surface area (Å²) in [6.07, 6.45) is 5.42. The number of nitrogens with zero attached hydrogens (tertiary/aromatic N) is 2. The van der Waals surface area contributed by atoms with E-state index in [0.717, 1.165) is 43.4 Å². The van der Waals surface area contributed by atoms with E-state index in [-0.39, 0.29) is 6.17 Å². The Balaban J connectivity index is 1.38. The summed E-state index contributed by atoms with van der Waals surface area (Å²) in [7, 11) is 0. The van der Waals surface area contributed by atoms with Crippen molar-refractivity contribution in [1.82, 2.24) is 15.6 Å². The summed E-state index contributed by atoms with van der Waals surface area (Å²) in [6, 6.07) is 14.2. The van der Waals surface area contributed by atoms with Gasteiger partial charge in [-0.25, -0.2) is 0 Å². The summed E-state index contributed by atoms with van der Waals surface area (Å²) < 4.78 is 5.42. The molecule has 2 aromatic rings. The number of ether oxygens (including phenoxy) is 1. The van der Waals surface area contributed by atoms with Gasteiger partial charge < -0.3 is 30.4 Å². The highest BCUT2D eigenvalue weighted by Gasteiger charge is 2.17. The second-order valence-corrected chi connectivity index (χ2v) is 6.82. The molecule has 8 heteroatoms. The number of aromatic nitrogens is 1. The Bertz CT molecular complexity index is 847. The number of dihydropyridines is 1. The summed E-state index contributed by atoms with van der Waals surface area (Å²) in [5.74, 6) is 5.95. The number of hydrogen-bond acceptors (Lipinski definition) is 8. The van der Waals surface area contributed by atoms with Gasteiger partial charge in [-0.3, -0.25) is 4.98 Å². The van der Waals surface area contributed by atoms with Crippen molar-refractivity contribution in [1.29, 1.82) is 0 Å². The average molecular weight is 394 g/mol. The van der Waals surface area contributed by atoms with Crippen molar-refractivity contribution in [2.24, 2.45) is 5.90 Å². The molecule has 1 atom stereocenters. The van der Waals surface area contributed by atoms with E-state index in [1.165, 1.54) is 5.69 Å². The Labute approximate surface area is 170 Å². The Kier molecular flexibility index (Phi) is 6.13. The number of morpholine rings is 1. The van der Waals surface area contributed by atoms with Crippen LogP contribution in [0.25, 0.3) is 0 Å². The molecule has 0 amide bonds. The molecule has 3 heterocycles. The maximum absolute atomic E-state index is 5.42. The highest BCUT2D eigenvalue weighted by molar-refractivity contribution is 5.56. The lowest BCUT2D eigenvalue weighted by atomic mass is 10.2. The molecule has 0 bridgehead atoms. The van der Waals surface area contributed by atoms with E-state index in [9.17, 15) is 0 Å². The van der Waals surface area contributed by atoms with Crippen molar-refractivity contribution in [3.05, 3.63) is 78.1 Å². The number of nitrogens with one attached hydrogen (secondary N) is 3. The van der Waals surface area contributed by atoms with Crippen molar-refractivity contribution in [3.63, 3.8) is 0 Å². The minimum Gasteiger partial charge on any atom is -0.408 e. The van der Waals surface area contributed by atoms with Crippen LogP contribution in [0, 0.1) is 0 Å². The number of rotatable bonds is 7. The van der Waals surface area contributed by atoms with Crippen LogP contribution in [0.15, 0.2) is 72.4 Å². The van der Waals surface area contributed by atoms with E-state index in [1.807, 2.05) is 24.3 Å². The second-order valence-electron chi connectivity index (χ2n) is 6.82. The van der Waals surface area contributed by atoms with Crippen molar-refractivity contribution >= 4 is 11.4 Å². The number of pyridine rings is 1. The number of anilines is 2. The van der Waals surface area contributed by atoms with E-state index in [2.05, 4.69) is 50.1 Å². The Morgan fingerprint density at radius 1 is 1.17 bits per heavy atom. The molecule has 0 aliphatic carbocycles. The molecule has 1 unspecified atom stereocenters. The molecule has 8 nitrogen and oxygen atoms in total.